The van der Waals surface area contributed by atoms with Gasteiger partial charge in [0, 0.05) is 5.69 Å². The van der Waals surface area contributed by atoms with Gasteiger partial charge in [-0.05, 0) is 48.9 Å². The van der Waals surface area contributed by atoms with Crippen LogP contribution in [-0.4, -0.2) is 36.1 Å². The number of anilines is 1. The molecule has 0 radical (unpaired) electrons. The predicted octanol–water partition coefficient (Wildman–Crippen LogP) is 2.90. The monoisotopic (exact) mass is 369 g/mol. The number of methoxy groups -OCH3 is 2. The number of carbonyl (C=O) groups excluding carboxylic acids is 2. The van der Waals surface area contributed by atoms with Crippen LogP contribution in [0.4, 0.5) is 5.69 Å². The minimum atomic E-state index is -0.834. The summed E-state index contributed by atoms with van der Waals surface area (Å²) in [6.45, 7) is 1.30. The Morgan fingerprint density at radius 1 is 1.00 bits per heavy atom. The molecule has 1 aliphatic rings. The first kappa shape index (κ1) is 18.3. The zero-order valence-electron chi connectivity index (χ0n) is 15.1. The first-order chi connectivity index (χ1) is 12.9. The molecule has 0 saturated carbocycles. The number of nitrogens with zero attached hydrogens (tertiary/aromatic N) is 1. The Morgan fingerprint density at radius 2 is 1.63 bits per heavy atom. The topological polar surface area (TPSA) is 96.3 Å². The Morgan fingerprint density at radius 3 is 2.19 bits per heavy atom. The molecule has 2 aromatic rings. The molecular formula is C20H19NO6. The van der Waals surface area contributed by atoms with E-state index in [9.17, 15) is 19.8 Å². The van der Waals surface area contributed by atoms with E-state index in [2.05, 4.69) is 0 Å². The predicted molar refractivity (Wildman–Crippen MR) is 98.2 cm³/mol. The molecule has 2 N–H and O–H groups in total. The van der Waals surface area contributed by atoms with Crippen LogP contribution in [-0.2, 0) is 9.59 Å². The number of amides is 1. The molecule has 0 aliphatic carbocycles. The molecule has 27 heavy (non-hydrogen) atoms. The Kier molecular flexibility index (Phi) is 4.77. The van der Waals surface area contributed by atoms with Crippen molar-refractivity contribution < 1.29 is 29.3 Å². The van der Waals surface area contributed by atoms with Gasteiger partial charge >= 0.3 is 0 Å². The Balaban J connectivity index is 2.18. The largest absolute Gasteiger partial charge is 0.508 e. The minimum Gasteiger partial charge on any atom is -0.508 e. The van der Waals surface area contributed by atoms with Gasteiger partial charge in [-0.15, -0.1) is 0 Å². The maximum Gasteiger partial charge on any atom is 0.294 e. The molecule has 0 spiro atoms. The van der Waals surface area contributed by atoms with Crippen molar-refractivity contribution in [1.82, 2.24) is 0 Å². The van der Waals surface area contributed by atoms with Crippen molar-refractivity contribution in [1.29, 1.82) is 0 Å². The van der Waals surface area contributed by atoms with Crippen LogP contribution in [0, 0.1) is 0 Å². The summed E-state index contributed by atoms with van der Waals surface area (Å²) in [6, 6.07) is 10.1. The van der Waals surface area contributed by atoms with Crippen molar-refractivity contribution in [2.45, 2.75) is 13.0 Å². The highest BCUT2D eigenvalue weighted by Crippen LogP contribution is 2.43. The number of hydrogen-bond acceptors (Lipinski definition) is 6. The number of aromatic hydroxyl groups is 1. The van der Waals surface area contributed by atoms with E-state index < -0.39 is 23.5 Å². The van der Waals surface area contributed by atoms with Gasteiger partial charge in [0.25, 0.3) is 5.91 Å². The highest BCUT2D eigenvalue weighted by atomic mass is 16.5. The number of benzene rings is 2. The molecule has 2 aromatic carbocycles. The average molecular weight is 369 g/mol. The van der Waals surface area contributed by atoms with Crippen LogP contribution >= 0.6 is 0 Å². The quantitative estimate of drug-likeness (QED) is 0.841. The first-order valence-electron chi connectivity index (χ1n) is 8.17. The smallest absolute Gasteiger partial charge is 0.294 e. The second-order valence-corrected chi connectivity index (χ2v) is 6.03. The molecule has 0 bridgehead atoms. The number of Topliss-reactive ketones (excluding diaryl/α,β-unsaturated/α-hetero) is 1. The summed E-state index contributed by atoms with van der Waals surface area (Å²) >= 11 is 0. The van der Waals surface area contributed by atoms with Crippen molar-refractivity contribution in [3.05, 3.63) is 59.4 Å². The van der Waals surface area contributed by atoms with E-state index >= 15 is 0 Å². The number of ketones is 1. The van der Waals surface area contributed by atoms with Crippen molar-refractivity contribution in [2.75, 3.05) is 19.1 Å². The van der Waals surface area contributed by atoms with Crippen molar-refractivity contribution in [2.24, 2.45) is 0 Å². The molecule has 7 heteroatoms. The van der Waals surface area contributed by atoms with E-state index in [1.807, 2.05) is 0 Å². The molecular weight excluding hydrogens is 350 g/mol. The lowest BCUT2D eigenvalue weighted by Crippen LogP contribution is -2.30. The first-order valence-corrected chi connectivity index (χ1v) is 8.17. The van der Waals surface area contributed by atoms with Gasteiger partial charge in [0.2, 0.25) is 0 Å². The van der Waals surface area contributed by atoms with Gasteiger partial charge in [-0.25, -0.2) is 0 Å². The lowest BCUT2D eigenvalue weighted by Gasteiger charge is -2.27. The maximum absolute atomic E-state index is 12.7. The van der Waals surface area contributed by atoms with Gasteiger partial charge in [-0.2, -0.15) is 0 Å². The number of phenols is 1. The third kappa shape index (κ3) is 3.08. The lowest BCUT2D eigenvalue weighted by molar-refractivity contribution is -0.117. The van der Waals surface area contributed by atoms with E-state index in [-0.39, 0.29) is 11.3 Å². The summed E-state index contributed by atoms with van der Waals surface area (Å²) in [5, 5.41) is 19.9. The standard InChI is InChI=1S/C20H19NO6/c1-11(22)17-18(12-4-9-15(26-2)16(10-12)27-3)21(20(25)19(17)24)13-5-7-14(23)8-6-13/h4-10,18,23-24H,1-3H3/t18-/m0/s1. The molecule has 140 valence electrons. The molecule has 3 rings (SSSR count). The maximum atomic E-state index is 12.7. The molecule has 0 unspecified atom stereocenters. The van der Waals surface area contributed by atoms with Crippen molar-refractivity contribution in [3.63, 3.8) is 0 Å². The number of rotatable bonds is 5. The van der Waals surface area contributed by atoms with Crippen molar-refractivity contribution >= 4 is 17.4 Å². The van der Waals surface area contributed by atoms with Gasteiger partial charge in [0.1, 0.15) is 5.75 Å². The average Bonchev–Trinajstić information content (AvgIpc) is 2.93. The second kappa shape index (κ2) is 7.03. The lowest BCUT2D eigenvalue weighted by atomic mass is 9.96. The molecule has 7 nitrogen and oxygen atoms in total. The van der Waals surface area contributed by atoms with Gasteiger partial charge in [-0.3, -0.25) is 14.5 Å². The SMILES string of the molecule is COc1ccc([C@H]2C(C(C)=O)=C(O)C(=O)N2c2ccc(O)cc2)cc1OC. The van der Waals surface area contributed by atoms with Crippen LogP contribution < -0.4 is 14.4 Å². The normalized spacial score (nSPS) is 16.6. The number of aliphatic hydroxyl groups is 1. The summed E-state index contributed by atoms with van der Waals surface area (Å²) in [5.41, 5.74) is 1.00. The van der Waals surface area contributed by atoms with E-state index in [0.29, 0.717) is 22.7 Å². The second-order valence-electron chi connectivity index (χ2n) is 6.03. The summed E-state index contributed by atoms with van der Waals surface area (Å²) in [7, 11) is 2.99. The molecule has 1 heterocycles. The van der Waals surface area contributed by atoms with E-state index in [1.54, 1.807) is 18.2 Å². The third-order valence-electron chi connectivity index (χ3n) is 4.44. The Labute approximate surface area is 156 Å². The van der Waals surface area contributed by atoms with Gasteiger partial charge in [0.15, 0.2) is 23.0 Å². The summed E-state index contributed by atoms with van der Waals surface area (Å²) in [4.78, 5) is 26.2. The molecule has 1 aliphatic heterocycles. The zero-order chi connectivity index (χ0) is 19.7. The number of aliphatic hydroxyl groups excluding tert-OH is 1. The molecule has 0 saturated heterocycles. The zero-order valence-corrected chi connectivity index (χ0v) is 15.1. The fourth-order valence-corrected chi connectivity index (χ4v) is 3.18. The molecule has 0 fully saturated rings. The fraction of sp³-hybridized carbons (Fsp3) is 0.200. The number of carbonyl (C=O) groups is 2. The minimum absolute atomic E-state index is 0.000273. The van der Waals surface area contributed by atoms with Crippen molar-refractivity contribution in [3.8, 4) is 17.2 Å². The fourth-order valence-electron chi connectivity index (χ4n) is 3.18. The highest BCUT2D eigenvalue weighted by Gasteiger charge is 2.43. The van der Waals surface area contributed by atoms with Gasteiger partial charge < -0.3 is 19.7 Å². The number of ether oxygens (including phenoxy) is 2. The summed E-state index contributed by atoms with van der Waals surface area (Å²) in [6.07, 6.45) is 0. The summed E-state index contributed by atoms with van der Waals surface area (Å²) in [5.74, 6) is -0.721. The van der Waals surface area contributed by atoms with E-state index in [1.165, 1.54) is 50.3 Å². The van der Waals surface area contributed by atoms with Crippen LogP contribution in [0.1, 0.15) is 18.5 Å². The Bertz CT molecular complexity index is 932. The number of phenolic OH excluding ortho intramolecular Hbond substituents is 1. The van der Waals surface area contributed by atoms with Crippen LogP contribution in [0.25, 0.3) is 0 Å². The van der Waals surface area contributed by atoms with Gasteiger partial charge in [0.05, 0.1) is 25.8 Å². The van der Waals surface area contributed by atoms with Crippen LogP contribution in [0.2, 0.25) is 0 Å². The Hall–Kier alpha value is -3.48. The van der Waals surface area contributed by atoms with E-state index in [0.717, 1.165) is 0 Å². The molecule has 1 amide bonds. The van der Waals surface area contributed by atoms with Crippen LogP contribution in [0.15, 0.2) is 53.8 Å². The third-order valence-corrected chi connectivity index (χ3v) is 4.44. The van der Waals surface area contributed by atoms with Crippen LogP contribution in [0.5, 0.6) is 17.2 Å². The van der Waals surface area contributed by atoms with Gasteiger partial charge in [-0.1, -0.05) is 6.07 Å². The van der Waals surface area contributed by atoms with E-state index in [4.69, 9.17) is 9.47 Å². The molecule has 1 atom stereocenters. The number of hydrogen-bond donors (Lipinski definition) is 2. The molecule has 0 aromatic heterocycles. The highest BCUT2D eigenvalue weighted by molar-refractivity contribution is 6.16. The summed E-state index contributed by atoms with van der Waals surface area (Å²) < 4.78 is 10.6. The van der Waals surface area contributed by atoms with Crippen LogP contribution in [0.3, 0.4) is 0 Å².